The van der Waals surface area contributed by atoms with Crippen LogP contribution in [-0.4, -0.2) is 44.0 Å². The molecule has 162 valence electrons. The van der Waals surface area contributed by atoms with Gasteiger partial charge in [0.25, 0.3) is 0 Å². The highest BCUT2D eigenvalue weighted by Gasteiger charge is 2.28. The molecule has 1 N–H and O–H groups in total. The zero-order valence-electron chi connectivity index (χ0n) is 17.2. The van der Waals surface area contributed by atoms with E-state index in [1.54, 1.807) is 6.20 Å². The number of carboxylic acid groups (broad SMARTS) is 1. The summed E-state index contributed by atoms with van der Waals surface area (Å²) in [6.45, 7) is 0.980. The Labute approximate surface area is 193 Å². The molecule has 7 nitrogen and oxygen atoms in total. The average molecular weight is 493 g/mol. The van der Waals surface area contributed by atoms with E-state index in [1.807, 2.05) is 65.5 Å². The first-order valence-electron chi connectivity index (χ1n) is 10.4. The zero-order chi connectivity index (χ0) is 22.1. The Kier molecular flexibility index (Phi) is 5.53. The second kappa shape index (κ2) is 8.63. The van der Waals surface area contributed by atoms with E-state index >= 15 is 0 Å². The van der Waals surface area contributed by atoms with E-state index in [0.717, 1.165) is 51.0 Å². The van der Waals surface area contributed by atoms with E-state index < -0.39 is 6.09 Å². The minimum absolute atomic E-state index is 0.0320. The number of benzene rings is 2. The van der Waals surface area contributed by atoms with Gasteiger partial charge >= 0.3 is 6.09 Å². The molecule has 1 saturated heterocycles. The summed E-state index contributed by atoms with van der Waals surface area (Å²) in [7, 11) is 0. The molecule has 4 aromatic rings. The number of para-hydroxylation sites is 1. The average Bonchev–Trinajstić information content (AvgIpc) is 3.21. The SMILES string of the molecule is O=C(O)N1CCC[C@@H](n2nc(-c3ccc(Oc4ccccc4)cc3)c3cncc(Br)c32)C1. The molecule has 1 atom stereocenters. The fraction of sp³-hybridized carbons (Fsp3) is 0.208. The van der Waals surface area contributed by atoms with Crippen molar-refractivity contribution in [2.24, 2.45) is 0 Å². The normalized spacial score (nSPS) is 16.3. The number of nitrogens with zero attached hydrogens (tertiary/aromatic N) is 4. The van der Waals surface area contributed by atoms with Crippen LogP contribution in [0, 0.1) is 0 Å². The number of amides is 1. The van der Waals surface area contributed by atoms with Crippen molar-refractivity contribution in [2.45, 2.75) is 18.9 Å². The molecule has 1 aliphatic heterocycles. The largest absolute Gasteiger partial charge is 0.465 e. The molecule has 5 rings (SSSR count). The Bertz CT molecular complexity index is 1260. The summed E-state index contributed by atoms with van der Waals surface area (Å²) in [4.78, 5) is 17.3. The molecule has 1 aliphatic rings. The van der Waals surface area contributed by atoms with Crippen LogP contribution < -0.4 is 4.74 Å². The molecule has 8 heteroatoms. The van der Waals surface area contributed by atoms with Crippen molar-refractivity contribution in [3.63, 3.8) is 0 Å². The number of ether oxygens (including phenoxy) is 1. The van der Waals surface area contributed by atoms with Gasteiger partial charge in [-0.3, -0.25) is 9.67 Å². The fourth-order valence-corrected chi connectivity index (χ4v) is 4.67. The van der Waals surface area contributed by atoms with Gasteiger partial charge in [0.05, 0.1) is 16.0 Å². The van der Waals surface area contributed by atoms with E-state index in [1.165, 1.54) is 4.90 Å². The van der Waals surface area contributed by atoms with Crippen LogP contribution in [-0.2, 0) is 0 Å². The summed E-state index contributed by atoms with van der Waals surface area (Å²) in [6.07, 6.45) is 4.35. The minimum atomic E-state index is -0.888. The molecular formula is C24H21BrN4O3. The van der Waals surface area contributed by atoms with E-state index in [0.29, 0.717) is 13.1 Å². The van der Waals surface area contributed by atoms with Crippen LogP contribution in [0.3, 0.4) is 0 Å². The van der Waals surface area contributed by atoms with Crippen LogP contribution in [0.15, 0.2) is 71.5 Å². The molecule has 0 spiro atoms. The predicted octanol–water partition coefficient (Wildman–Crippen LogP) is 5.97. The highest BCUT2D eigenvalue weighted by molar-refractivity contribution is 9.10. The Hall–Kier alpha value is -3.39. The molecule has 0 aliphatic carbocycles. The third kappa shape index (κ3) is 3.93. The molecule has 3 heterocycles. The van der Waals surface area contributed by atoms with Gasteiger partial charge in [-0.2, -0.15) is 5.10 Å². The number of likely N-dealkylation sites (tertiary alicyclic amines) is 1. The van der Waals surface area contributed by atoms with Gasteiger partial charge in [-0.1, -0.05) is 18.2 Å². The van der Waals surface area contributed by atoms with Gasteiger partial charge in [0.2, 0.25) is 0 Å². The van der Waals surface area contributed by atoms with Gasteiger partial charge in [-0.15, -0.1) is 0 Å². The number of piperidine rings is 1. The van der Waals surface area contributed by atoms with Gasteiger partial charge in [0.15, 0.2) is 0 Å². The van der Waals surface area contributed by atoms with Crippen LogP contribution in [0.1, 0.15) is 18.9 Å². The van der Waals surface area contributed by atoms with E-state index in [4.69, 9.17) is 9.84 Å². The maximum atomic E-state index is 11.5. The molecule has 1 amide bonds. The van der Waals surface area contributed by atoms with E-state index in [-0.39, 0.29) is 6.04 Å². The highest BCUT2D eigenvalue weighted by Crippen LogP contribution is 2.36. The molecule has 0 saturated carbocycles. The zero-order valence-corrected chi connectivity index (χ0v) is 18.8. The Balaban J connectivity index is 1.51. The Morgan fingerprint density at radius 1 is 1.06 bits per heavy atom. The Morgan fingerprint density at radius 2 is 1.81 bits per heavy atom. The lowest BCUT2D eigenvalue weighted by molar-refractivity contribution is 0.120. The van der Waals surface area contributed by atoms with Crippen LogP contribution >= 0.6 is 15.9 Å². The van der Waals surface area contributed by atoms with Gasteiger partial charge in [0.1, 0.15) is 17.2 Å². The smallest absolute Gasteiger partial charge is 0.407 e. The van der Waals surface area contributed by atoms with Gasteiger partial charge in [0, 0.05) is 36.4 Å². The summed E-state index contributed by atoms with van der Waals surface area (Å²) in [5, 5.41) is 15.3. The van der Waals surface area contributed by atoms with Crippen molar-refractivity contribution in [3.8, 4) is 22.8 Å². The highest BCUT2D eigenvalue weighted by atomic mass is 79.9. The van der Waals surface area contributed by atoms with Crippen LogP contribution in [0.4, 0.5) is 4.79 Å². The lowest BCUT2D eigenvalue weighted by Crippen LogP contribution is -2.40. The second-order valence-corrected chi connectivity index (χ2v) is 8.63. The molecule has 0 radical (unpaired) electrons. The molecule has 32 heavy (non-hydrogen) atoms. The lowest BCUT2D eigenvalue weighted by atomic mass is 10.1. The fourth-order valence-electron chi connectivity index (χ4n) is 4.16. The molecule has 2 aromatic carbocycles. The summed E-state index contributed by atoms with van der Waals surface area (Å²) in [5.74, 6) is 1.52. The number of hydrogen-bond donors (Lipinski definition) is 1. The van der Waals surface area contributed by atoms with Gasteiger partial charge < -0.3 is 14.7 Å². The molecule has 0 bridgehead atoms. The summed E-state index contributed by atoms with van der Waals surface area (Å²) >= 11 is 3.62. The van der Waals surface area contributed by atoms with E-state index in [2.05, 4.69) is 20.9 Å². The molecule has 2 aromatic heterocycles. The summed E-state index contributed by atoms with van der Waals surface area (Å²) in [5.41, 5.74) is 2.68. The number of pyridine rings is 1. The number of aromatic nitrogens is 3. The van der Waals surface area contributed by atoms with Crippen molar-refractivity contribution in [2.75, 3.05) is 13.1 Å². The van der Waals surface area contributed by atoms with Crippen LogP contribution in [0.5, 0.6) is 11.5 Å². The van der Waals surface area contributed by atoms with Gasteiger partial charge in [-0.25, -0.2) is 4.79 Å². The first kappa shape index (κ1) is 20.5. The second-order valence-electron chi connectivity index (χ2n) is 7.77. The lowest BCUT2D eigenvalue weighted by Gasteiger charge is -2.31. The number of halogens is 1. The first-order valence-corrected chi connectivity index (χ1v) is 11.2. The quantitative estimate of drug-likeness (QED) is 0.379. The van der Waals surface area contributed by atoms with Crippen molar-refractivity contribution in [1.82, 2.24) is 19.7 Å². The van der Waals surface area contributed by atoms with E-state index in [9.17, 15) is 9.90 Å². The third-order valence-electron chi connectivity index (χ3n) is 5.68. The monoisotopic (exact) mass is 492 g/mol. The topological polar surface area (TPSA) is 80.5 Å². The molecular weight excluding hydrogens is 472 g/mol. The maximum Gasteiger partial charge on any atom is 0.407 e. The molecule has 0 unspecified atom stereocenters. The van der Waals surface area contributed by atoms with Crippen LogP contribution in [0.25, 0.3) is 22.2 Å². The van der Waals surface area contributed by atoms with Crippen molar-refractivity contribution >= 4 is 32.9 Å². The Morgan fingerprint density at radius 3 is 2.56 bits per heavy atom. The molecule has 1 fully saturated rings. The maximum absolute atomic E-state index is 11.5. The number of hydrogen-bond acceptors (Lipinski definition) is 4. The summed E-state index contributed by atoms with van der Waals surface area (Å²) < 4.78 is 8.70. The van der Waals surface area contributed by atoms with Crippen molar-refractivity contribution in [3.05, 3.63) is 71.5 Å². The number of fused-ring (bicyclic) bond motifs is 1. The number of carbonyl (C=O) groups is 1. The summed E-state index contributed by atoms with van der Waals surface area (Å²) in [6, 6.07) is 17.4. The van der Waals surface area contributed by atoms with Crippen LogP contribution in [0.2, 0.25) is 0 Å². The van der Waals surface area contributed by atoms with Gasteiger partial charge in [-0.05, 0) is 65.2 Å². The number of rotatable bonds is 4. The van der Waals surface area contributed by atoms with Crippen molar-refractivity contribution in [1.29, 1.82) is 0 Å². The predicted molar refractivity (Wildman–Crippen MR) is 125 cm³/mol. The minimum Gasteiger partial charge on any atom is -0.465 e. The first-order chi connectivity index (χ1) is 15.6. The third-order valence-corrected chi connectivity index (χ3v) is 6.26. The standard InChI is InChI=1S/C24H21BrN4O3/c25-21-14-26-13-20-22(16-8-10-19(11-9-16)32-18-6-2-1-3-7-18)27-29(23(20)21)17-5-4-12-28(15-17)24(30)31/h1-3,6-11,13-14,17H,4-5,12,15H2,(H,30,31)/t17-/m1/s1. The van der Waals surface area contributed by atoms with Crippen molar-refractivity contribution < 1.29 is 14.6 Å².